The summed E-state index contributed by atoms with van der Waals surface area (Å²) < 4.78 is 75.1. The van der Waals surface area contributed by atoms with Crippen LogP contribution >= 0.6 is 0 Å². The number of halogens is 5. The van der Waals surface area contributed by atoms with Crippen LogP contribution in [0, 0.1) is 29.4 Å². The largest absolute Gasteiger partial charge is 0.480 e. The maximum absolute atomic E-state index is 15.3. The number of nitrogens with one attached hydrogen (secondary N) is 3. The topological polar surface area (TPSA) is 256 Å². The van der Waals surface area contributed by atoms with E-state index in [1.54, 1.807) is 44.2 Å². The minimum atomic E-state index is -5.33. The molecule has 0 spiro atoms. The zero-order valence-corrected chi connectivity index (χ0v) is 52.3. The van der Waals surface area contributed by atoms with E-state index in [2.05, 4.69) is 16.0 Å². The van der Waals surface area contributed by atoms with Gasteiger partial charge in [0.15, 0.2) is 0 Å². The number of carboxylic acids is 1. The maximum atomic E-state index is 15.3. The number of carbonyl (C=O) groups is 10. The van der Waals surface area contributed by atoms with E-state index in [1.807, 2.05) is 13.8 Å². The fraction of sp³-hybridized carbons (Fsp3) is 0.645. The van der Waals surface area contributed by atoms with E-state index in [0.29, 0.717) is 69.1 Å². The Bertz CT molecular complexity index is 2810. The molecular formula is C62H88F5N9O12. The molecule has 0 aromatic heterocycles. The SMILES string of the molecule is CC[C@H](C)[C@H](NC(=O)[C@H](CC(C)C)N(C)C(=O)C[C@@H](C(=O)N(C)C)N(C)C(=O)[C@H](C1CCCC1)N(C)C(=O)C1(NC(=O)[C@@H]2CCCN2C(=O)[C@H](CCc2cc(F)c(C(F)(F)F)c(F)c2)NC(=O)OCc2ccccc2)CCCC1)C(=O)N(C)[C@@H](C)C(=O)O. The quantitative estimate of drug-likeness (QED) is 0.0721. The van der Waals surface area contributed by atoms with Crippen molar-refractivity contribution >= 4 is 59.3 Å². The van der Waals surface area contributed by atoms with Gasteiger partial charge in [0.25, 0.3) is 0 Å². The van der Waals surface area contributed by atoms with E-state index in [1.165, 1.54) is 68.8 Å². The van der Waals surface area contributed by atoms with E-state index >= 15 is 9.59 Å². The second-order valence-electron chi connectivity index (χ2n) is 24.5. The third-order valence-electron chi connectivity index (χ3n) is 17.6. The minimum absolute atomic E-state index is 0.00699. The van der Waals surface area contributed by atoms with Gasteiger partial charge in [0.2, 0.25) is 47.3 Å². The molecule has 5 rings (SSSR count). The molecule has 1 aliphatic heterocycles. The van der Waals surface area contributed by atoms with Crippen molar-refractivity contribution in [2.24, 2.45) is 17.8 Å². The van der Waals surface area contributed by atoms with Gasteiger partial charge in [-0.1, -0.05) is 90.1 Å². The van der Waals surface area contributed by atoms with Crippen LogP contribution in [0.5, 0.6) is 0 Å². The fourth-order valence-corrected chi connectivity index (χ4v) is 12.1. The predicted octanol–water partition coefficient (Wildman–Crippen LogP) is 6.29. The van der Waals surface area contributed by atoms with Crippen molar-refractivity contribution in [2.45, 2.75) is 192 Å². The van der Waals surface area contributed by atoms with Crippen molar-refractivity contribution in [2.75, 3.05) is 48.8 Å². The van der Waals surface area contributed by atoms with Crippen LogP contribution in [0.2, 0.25) is 0 Å². The number of carbonyl (C=O) groups excluding carboxylic acids is 9. The molecule has 4 N–H and O–H groups in total. The van der Waals surface area contributed by atoms with Gasteiger partial charge in [0.05, 0.1) is 6.42 Å². The van der Waals surface area contributed by atoms with Crippen molar-refractivity contribution in [3.8, 4) is 0 Å². The van der Waals surface area contributed by atoms with Gasteiger partial charge < -0.3 is 55.2 Å². The Morgan fingerprint density at radius 1 is 0.739 bits per heavy atom. The Balaban J connectivity index is 1.39. The standard InChI is InChI=1S/C62H88F5N9O12/c1-12-37(4)50(56(82)72(8)38(5)58(84)85)69-52(78)46(31-36(2)3)73(9)48(77)34-47(55(81)71(6)7)74(10)57(83)51(41-23-16-17-24-41)75(11)59(86)61(28-18-19-29-61)70-53(79)45-25-20-30-76(45)54(80)44(68-60(87)88-35-39-21-14-13-15-22-39)27-26-40-32-42(63)49(43(64)33-40)62(65,66)67/h13-15,21-22,32-33,36-38,41,44-47,50-51H,12,16-20,23-31,34-35H2,1-11H3,(H,68,87)(H,69,78)(H,70,79)(H,84,85)/t37-,38-,44-,45-,46-,47-,50-,51-/m0/s1. The Morgan fingerprint density at radius 2 is 1.34 bits per heavy atom. The number of rotatable bonds is 27. The Labute approximate surface area is 511 Å². The highest BCUT2D eigenvalue weighted by molar-refractivity contribution is 6.00. The summed E-state index contributed by atoms with van der Waals surface area (Å²) >= 11 is 0. The summed E-state index contributed by atoms with van der Waals surface area (Å²) in [6, 6.07) is 0.553. The molecule has 2 aromatic carbocycles. The molecule has 0 bridgehead atoms. The average molecular weight is 1250 g/mol. The van der Waals surface area contributed by atoms with Crippen LogP contribution in [0.15, 0.2) is 42.5 Å². The number of likely N-dealkylation sites (N-methyl/N-ethyl adjacent to an activating group) is 5. The smallest absolute Gasteiger partial charge is 0.422 e. The Hall–Kier alpha value is -7.41. The van der Waals surface area contributed by atoms with Crippen molar-refractivity contribution < 1.29 is 79.7 Å². The molecule has 0 unspecified atom stereocenters. The van der Waals surface area contributed by atoms with Gasteiger partial charge in [-0.05, 0) is 106 Å². The number of nitrogens with zero attached hydrogens (tertiary/aromatic N) is 6. The lowest BCUT2D eigenvalue weighted by Gasteiger charge is -2.42. The van der Waals surface area contributed by atoms with Gasteiger partial charge in [-0.15, -0.1) is 0 Å². The number of benzene rings is 2. The summed E-state index contributed by atoms with van der Waals surface area (Å²) in [5.74, 6) is -11.5. The number of alkyl carbamates (subject to hydrolysis) is 1. The Morgan fingerprint density at radius 3 is 1.89 bits per heavy atom. The highest BCUT2D eigenvalue weighted by Crippen LogP contribution is 2.38. The van der Waals surface area contributed by atoms with Crippen molar-refractivity contribution in [1.82, 2.24) is 45.3 Å². The van der Waals surface area contributed by atoms with Gasteiger partial charge in [-0.25, -0.2) is 18.4 Å². The molecule has 2 aromatic rings. The molecule has 1 heterocycles. The molecule has 488 valence electrons. The number of aliphatic carboxylic acids is 1. The van der Waals surface area contributed by atoms with Gasteiger partial charge in [-0.2, -0.15) is 13.2 Å². The number of aryl methyl sites for hydroxylation is 1. The molecule has 88 heavy (non-hydrogen) atoms. The molecule has 26 heteroatoms. The second kappa shape index (κ2) is 31.2. The number of hydrogen-bond acceptors (Lipinski definition) is 11. The van der Waals surface area contributed by atoms with Gasteiger partial charge >= 0.3 is 18.2 Å². The zero-order chi connectivity index (χ0) is 65.7. The molecule has 2 aliphatic carbocycles. The number of carboxylic acid groups (broad SMARTS) is 1. The van der Waals surface area contributed by atoms with E-state index in [-0.39, 0.29) is 50.3 Å². The molecule has 21 nitrogen and oxygen atoms in total. The van der Waals surface area contributed by atoms with Crippen LogP contribution < -0.4 is 16.0 Å². The zero-order valence-electron chi connectivity index (χ0n) is 52.3. The number of ether oxygens (including phenoxy) is 1. The summed E-state index contributed by atoms with van der Waals surface area (Å²) in [5, 5.41) is 17.9. The first-order valence-corrected chi connectivity index (χ1v) is 30.2. The van der Waals surface area contributed by atoms with Gasteiger partial charge in [0, 0.05) is 48.8 Å². The lowest BCUT2D eigenvalue weighted by atomic mass is 9.90. The first-order chi connectivity index (χ1) is 41.3. The van der Waals surface area contributed by atoms with E-state index in [9.17, 15) is 65.4 Å². The summed E-state index contributed by atoms with van der Waals surface area (Å²) in [6.07, 6.45) is -3.15. The fourth-order valence-electron chi connectivity index (χ4n) is 12.1. The van der Waals surface area contributed by atoms with Crippen LogP contribution in [0.3, 0.4) is 0 Å². The highest BCUT2D eigenvalue weighted by atomic mass is 19.4. The third kappa shape index (κ3) is 17.7. The van der Waals surface area contributed by atoms with Gasteiger partial charge in [-0.3, -0.25) is 38.4 Å². The number of amides is 9. The van der Waals surface area contributed by atoms with Crippen LogP contribution in [-0.2, 0) is 67.1 Å². The lowest BCUT2D eigenvalue weighted by Crippen LogP contribution is -2.65. The second-order valence-corrected chi connectivity index (χ2v) is 24.5. The number of likely N-dealkylation sites (tertiary alicyclic amines) is 1. The molecular weight excluding hydrogens is 1160 g/mol. The van der Waals surface area contributed by atoms with Crippen molar-refractivity contribution in [1.29, 1.82) is 0 Å². The number of hydrogen-bond donors (Lipinski definition) is 4. The van der Waals surface area contributed by atoms with Crippen LogP contribution in [0.4, 0.5) is 26.7 Å². The highest BCUT2D eigenvalue weighted by Gasteiger charge is 2.51. The summed E-state index contributed by atoms with van der Waals surface area (Å²) in [7, 11) is 8.42. The summed E-state index contributed by atoms with van der Waals surface area (Å²) in [6.45, 7) is 8.31. The van der Waals surface area contributed by atoms with Crippen LogP contribution in [0.1, 0.15) is 141 Å². The average Bonchev–Trinajstić information content (AvgIpc) is 4.42. The molecule has 2 saturated carbocycles. The van der Waals surface area contributed by atoms with Gasteiger partial charge in [0.1, 0.15) is 71.6 Å². The van der Waals surface area contributed by atoms with Crippen molar-refractivity contribution in [3.63, 3.8) is 0 Å². The molecule has 9 amide bonds. The molecule has 0 radical (unpaired) electrons. The maximum Gasteiger partial charge on any atom is 0.422 e. The predicted molar refractivity (Wildman–Crippen MR) is 313 cm³/mol. The van der Waals surface area contributed by atoms with Crippen LogP contribution in [0.25, 0.3) is 0 Å². The lowest BCUT2D eigenvalue weighted by molar-refractivity contribution is -0.156. The Kier molecular flexibility index (Phi) is 25.3. The van der Waals surface area contributed by atoms with E-state index in [0.717, 1.165) is 9.80 Å². The first-order valence-electron chi connectivity index (χ1n) is 30.2. The minimum Gasteiger partial charge on any atom is -0.480 e. The van der Waals surface area contributed by atoms with E-state index in [4.69, 9.17) is 4.74 Å². The summed E-state index contributed by atoms with van der Waals surface area (Å²) in [5.41, 5.74) is -3.34. The monoisotopic (exact) mass is 1250 g/mol. The normalized spacial score (nSPS) is 18.2. The molecule has 3 aliphatic rings. The number of alkyl halides is 3. The summed E-state index contributed by atoms with van der Waals surface area (Å²) in [4.78, 5) is 149. The van der Waals surface area contributed by atoms with Crippen molar-refractivity contribution in [3.05, 3.63) is 70.8 Å². The molecule has 3 fully saturated rings. The third-order valence-corrected chi connectivity index (χ3v) is 17.6. The molecule has 1 saturated heterocycles. The molecule has 8 atom stereocenters. The van der Waals surface area contributed by atoms with Crippen LogP contribution in [-0.4, -0.2) is 190 Å². The first kappa shape index (κ1) is 71.3. The van der Waals surface area contributed by atoms with E-state index < -0.39 is 162 Å².